The smallest absolute Gasteiger partial charge is 0.325 e. The number of halogens is 1. The second-order valence-corrected chi connectivity index (χ2v) is 2.42. The fourth-order valence-corrected chi connectivity index (χ4v) is 0.941. The van der Waals surface area contributed by atoms with Crippen LogP contribution in [0.1, 0.15) is 18.8 Å². The third kappa shape index (κ3) is 1.81. The minimum absolute atomic E-state index is 0.289. The van der Waals surface area contributed by atoms with Crippen molar-refractivity contribution in [2.75, 3.05) is 0 Å². The van der Waals surface area contributed by atoms with Crippen molar-refractivity contribution >= 4 is 5.97 Å². The van der Waals surface area contributed by atoms with E-state index in [4.69, 9.17) is 5.11 Å². The summed E-state index contributed by atoms with van der Waals surface area (Å²) in [4.78, 5) is 10.3. The molecular weight excluding hydrogens is 163 g/mol. The zero-order valence-electron chi connectivity index (χ0n) is 6.57. The Balaban J connectivity index is 2.84. The number of rotatable bonds is 3. The highest BCUT2D eigenvalue weighted by atomic mass is 19.1. The van der Waals surface area contributed by atoms with Gasteiger partial charge in [-0.15, -0.1) is 0 Å². The number of carboxylic acid groups (broad SMARTS) is 1. The van der Waals surface area contributed by atoms with Gasteiger partial charge in [0.15, 0.2) is 0 Å². The Labute approximate surface area is 68.6 Å². The Morgan fingerprint density at radius 1 is 1.92 bits per heavy atom. The summed E-state index contributed by atoms with van der Waals surface area (Å²) in [6.07, 6.45) is 0.195. The molecule has 66 valence electrons. The normalized spacial score (nSPS) is 12.8. The van der Waals surface area contributed by atoms with Crippen molar-refractivity contribution in [2.45, 2.75) is 19.6 Å². The van der Waals surface area contributed by atoms with Gasteiger partial charge >= 0.3 is 5.97 Å². The van der Waals surface area contributed by atoms with Crippen LogP contribution in [0.25, 0.3) is 0 Å². The largest absolute Gasteiger partial charge is 0.480 e. The highest BCUT2D eigenvalue weighted by Crippen LogP contribution is 2.14. The average molecular weight is 172 g/mol. The maximum Gasteiger partial charge on any atom is 0.325 e. The minimum atomic E-state index is -1.19. The molecule has 1 aromatic rings. The van der Waals surface area contributed by atoms with Crippen LogP contribution in [0.4, 0.5) is 4.39 Å². The molecule has 1 aromatic heterocycles. The van der Waals surface area contributed by atoms with Crippen LogP contribution in [0.15, 0.2) is 12.3 Å². The fraction of sp³-hybridized carbons (Fsp3) is 0.429. The van der Waals surface area contributed by atoms with Gasteiger partial charge in [0.1, 0.15) is 12.7 Å². The van der Waals surface area contributed by atoms with Crippen molar-refractivity contribution in [1.82, 2.24) is 9.78 Å². The number of hydrogen-bond acceptors (Lipinski definition) is 2. The zero-order chi connectivity index (χ0) is 9.14. The van der Waals surface area contributed by atoms with Gasteiger partial charge in [-0.3, -0.25) is 9.48 Å². The molecule has 0 amide bonds. The van der Waals surface area contributed by atoms with Gasteiger partial charge in [0.2, 0.25) is 0 Å². The van der Waals surface area contributed by atoms with Crippen LogP contribution in [0.2, 0.25) is 0 Å². The van der Waals surface area contributed by atoms with Gasteiger partial charge in [0, 0.05) is 6.20 Å². The molecule has 1 unspecified atom stereocenters. The van der Waals surface area contributed by atoms with Crippen molar-refractivity contribution in [3.63, 3.8) is 0 Å². The Bertz CT molecular complexity index is 283. The number of alkyl halides is 1. The van der Waals surface area contributed by atoms with E-state index in [0.717, 1.165) is 4.68 Å². The van der Waals surface area contributed by atoms with E-state index in [0.29, 0.717) is 0 Å². The summed E-state index contributed by atoms with van der Waals surface area (Å²) in [5, 5.41) is 12.1. The standard InChI is InChI=1S/C7H9FN2O2/c1-5(8)6-2-3-9-10(6)4-7(11)12/h2-3,5H,4H2,1H3,(H,11,12). The molecule has 0 radical (unpaired) electrons. The van der Waals surface area contributed by atoms with Gasteiger partial charge in [0.25, 0.3) is 0 Å². The molecule has 5 heteroatoms. The van der Waals surface area contributed by atoms with Gasteiger partial charge in [0.05, 0.1) is 5.69 Å². The van der Waals surface area contributed by atoms with Crippen molar-refractivity contribution in [2.24, 2.45) is 0 Å². The van der Waals surface area contributed by atoms with E-state index in [1.54, 1.807) is 0 Å². The van der Waals surface area contributed by atoms with Crippen LogP contribution in [0.5, 0.6) is 0 Å². The molecule has 12 heavy (non-hydrogen) atoms. The maximum absolute atomic E-state index is 12.7. The van der Waals surface area contributed by atoms with Gasteiger partial charge in [-0.05, 0) is 13.0 Å². The number of carbonyl (C=O) groups is 1. The molecule has 0 saturated carbocycles. The van der Waals surface area contributed by atoms with Crippen molar-refractivity contribution in [3.8, 4) is 0 Å². The van der Waals surface area contributed by atoms with E-state index in [1.807, 2.05) is 0 Å². The monoisotopic (exact) mass is 172 g/mol. The number of aromatic nitrogens is 2. The number of aliphatic carboxylic acids is 1. The molecule has 0 aliphatic carbocycles. The predicted molar refractivity (Wildman–Crippen MR) is 39.4 cm³/mol. The Kier molecular flexibility index (Phi) is 2.42. The summed E-state index contributed by atoms with van der Waals surface area (Å²) in [7, 11) is 0. The first-order chi connectivity index (χ1) is 5.61. The topological polar surface area (TPSA) is 55.1 Å². The summed E-state index contributed by atoms with van der Waals surface area (Å²) >= 11 is 0. The van der Waals surface area contributed by atoms with Crippen LogP contribution in [0, 0.1) is 0 Å². The molecule has 0 aromatic carbocycles. The van der Waals surface area contributed by atoms with E-state index in [-0.39, 0.29) is 12.2 Å². The Morgan fingerprint density at radius 3 is 3.08 bits per heavy atom. The first-order valence-corrected chi connectivity index (χ1v) is 3.49. The van der Waals surface area contributed by atoms with Crippen LogP contribution in [-0.4, -0.2) is 20.9 Å². The lowest BCUT2D eigenvalue weighted by Crippen LogP contribution is -2.13. The Hall–Kier alpha value is -1.39. The lowest BCUT2D eigenvalue weighted by atomic mass is 10.3. The van der Waals surface area contributed by atoms with Crippen molar-refractivity contribution in [1.29, 1.82) is 0 Å². The van der Waals surface area contributed by atoms with Crippen LogP contribution < -0.4 is 0 Å². The molecule has 0 bridgehead atoms. The van der Waals surface area contributed by atoms with Crippen molar-refractivity contribution in [3.05, 3.63) is 18.0 Å². The molecule has 1 heterocycles. The fourth-order valence-electron chi connectivity index (χ4n) is 0.941. The van der Waals surface area contributed by atoms with Gasteiger partial charge in [-0.2, -0.15) is 5.10 Å². The van der Waals surface area contributed by atoms with E-state index in [1.165, 1.54) is 19.2 Å². The second-order valence-electron chi connectivity index (χ2n) is 2.42. The number of nitrogens with zero attached hydrogens (tertiary/aromatic N) is 2. The first-order valence-electron chi connectivity index (χ1n) is 3.49. The quantitative estimate of drug-likeness (QED) is 0.739. The first kappa shape index (κ1) is 8.70. The summed E-state index contributed by atoms with van der Waals surface area (Å²) in [5.74, 6) is -1.03. The number of hydrogen-bond donors (Lipinski definition) is 1. The third-order valence-electron chi connectivity index (χ3n) is 1.44. The van der Waals surface area contributed by atoms with E-state index in [9.17, 15) is 9.18 Å². The van der Waals surface area contributed by atoms with Gasteiger partial charge < -0.3 is 5.11 Å². The molecule has 4 nitrogen and oxygen atoms in total. The van der Waals surface area contributed by atoms with Crippen molar-refractivity contribution < 1.29 is 14.3 Å². The molecule has 0 aliphatic rings. The van der Waals surface area contributed by atoms with E-state index >= 15 is 0 Å². The highest BCUT2D eigenvalue weighted by Gasteiger charge is 2.11. The average Bonchev–Trinajstić information content (AvgIpc) is 2.33. The summed E-state index contributed by atoms with van der Waals surface area (Å²) in [5.41, 5.74) is 0.289. The predicted octanol–water partition coefficient (Wildman–Crippen LogP) is 0.998. The minimum Gasteiger partial charge on any atom is -0.480 e. The SMILES string of the molecule is CC(F)c1ccnn1CC(=O)O. The molecule has 0 fully saturated rings. The van der Waals surface area contributed by atoms with E-state index < -0.39 is 12.1 Å². The molecule has 0 aliphatic heterocycles. The Morgan fingerprint density at radius 2 is 2.58 bits per heavy atom. The molecule has 1 atom stereocenters. The molecular formula is C7H9FN2O2. The lowest BCUT2D eigenvalue weighted by Gasteiger charge is -2.04. The molecule has 1 rings (SSSR count). The van der Waals surface area contributed by atoms with Crippen LogP contribution >= 0.6 is 0 Å². The molecule has 0 saturated heterocycles. The van der Waals surface area contributed by atoms with Gasteiger partial charge in [-0.25, -0.2) is 4.39 Å². The van der Waals surface area contributed by atoms with Gasteiger partial charge in [-0.1, -0.05) is 0 Å². The van der Waals surface area contributed by atoms with Crippen LogP contribution in [0.3, 0.4) is 0 Å². The molecule has 1 N–H and O–H groups in total. The summed E-state index contributed by atoms with van der Waals surface area (Å²) < 4.78 is 13.9. The van der Waals surface area contributed by atoms with Crippen LogP contribution in [-0.2, 0) is 11.3 Å². The highest BCUT2D eigenvalue weighted by molar-refractivity contribution is 5.66. The lowest BCUT2D eigenvalue weighted by molar-refractivity contribution is -0.137. The third-order valence-corrected chi connectivity index (χ3v) is 1.44. The second kappa shape index (κ2) is 3.34. The zero-order valence-corrected chi connectivity index (χ0v) is 6.57. The summed E-state index contributed by atoms with van der Waals surface area (Å²) in [6, 6.07) is 1.47. The number of carboxylic acids is 1. The maximum atomic E-state index is 12.7. The molecule has 0 spiro atoms. The summed E-state index contributed by atoms with van der Waals surface area (Å²) in [6.45, 7) is 1.05. The van der Waals surface area contributed by atoms with E-state index in [2.05, 4.69) is 5.10 Å².